The van der Waals surface area contributed by atoms with E-state index in [1.54, 1.807) is 7.11 Å². The topological polar surface area (TPSA) is 89.0 Å². The molecule has 0 saturated carbocycles. The molecule has 0 saturated heterocycles. The smallest absolute Gasteiger partial charge is 0.361 e. The van der Waals surface area contributed by atoms with Gasteiger partial charge in [0.15, 0.2) is 0 Å². The van der Waals surface area contributed by atoms with Crippen molar-refractivity contribution in [3.05, 3.63) is 103 Å². The maximum absolute atomic E-state index is 6.11. The molecule has 37 heavy (non-hydrogen) atoms. The highest BCUT2D eigenvalue weighted by molar-refractivity contribution is 6.80. The zero-order valence-corrected chi connectivity index (χ0v) is 21.1. The summed E-state index contributed by atoms with van der Waals surface area (Å²) >= 11 is 0. The number of nitrogens with two attached hydrogens (primary N) is 2. The number of ether oxygens (including phenoxy) is 2. The lowest BCUT2D eigenvalue weighted by Crippen LogP contribution is -2.45. The summed E-state index contributed by atoms with van der Waals surface area (Å²) in [4.78, 5) is 0. The number of methoxy groups -OCH3 is 1. The quantitative estimate of drug-likeness (QED) is 0.275. The third-order valence-electron chi connectivity index (χ3n) is 5.93. The second-order valence-electron chi connectivity index (χ2n) is 8.50. The standard InChI is InChI=1S/C29H32B2N2O4/c1-34-27-13-7-24(8-14-27)31(36-22-20-33)26-11-17-29(18-12-26)37-28-15-9-25(10-16-28)30(35-21-19-32)23-5-3-2-4-6-23/h2-18H,19-22,32-33H2,1H3. The van der Waals surface area contributed by atoms with Crippen LogP contribution in [-0.4, -0.2) is 47.2 Å². The molecular weight excluding hydrogens is 462 g/mol. The van der Waals surface area contributed by atoms with Gasteiger partial charge in [-0.15, -0.1) is 0 Å². The van der Waals surface area contributed by atoms with Gasteiger partial charge in [0.1, 0.15) is 17.2 Å². The second-order valence-corrected chi connectivity index (χ2v) is 8.50. The Kier molecular flexibility index (Phi) is 9.80. The van der Waals surface area contributed by atoms with Crippen molar-refractivity contribution in [1.82, 2.24) is 0 Å². The van der Waals surface area contributed by atoms with Gasteiger partial charge < -0.3 is 30.2 Å². The second kappa shape index (κ2) is 13.7. The zero-order valence-electron chi connectivity index (χ0n) is 21.1. The molecule has 6 nitrogen and oxygen atoms in total. The molecule has 0 aliphatic heterocycles. The molecule has 4 rings (SSSR count). The van der Waals surface area contributed by atoms with E-state index in [9.17, 15) is 0 Å². The molecule has 0 atom stereocenters. The van der Waals surface area contributed by atoms with E-state index in [0.717, 1.165) is 39.1 Å². The predicted octanol–water partition coefficient (Wildman–Crippen LogP) is 1.65. The van der Waals surface area contributed by atoms with Crippen LogP contribution < -0.4 is 42.8 Å². The van der Waals surface area contributed by atoms with Gasteiger partial charge in [-0.05, 0) is 58.2 Å². The average molecular weight is 494 g/mol. The van der Waals surface area contributed by atoms with Crippen LogP contribution in [0.3, 0.4) is 0 Å². The number of rotatable bonds is 13. The average Bonchev–Trinajstić information content (AvgIpc) is 2.96. The normalized spacial score (nSPS) is 10.7. The van der Waals surface area contributed by atoms with E-state index in [-0.39, 0.29) is 13.8 Å². The van der Waals surface area contributed by atoms with Gasteiger partial charge in [0.2, 0.25) is 0 Å². The van der Waals surface area contributed by atoms with Crippen LogP contribution in [-0.2, 0) is 9.31 Å². The first-order chi connectivity index (χ1) is 18.2. The number of hydrogen-bond donors (Lipinski definition) is 2. The summed E-state index contributed by atoms with van der Waals surface area (Å²) in [5, 5.41) is 0. The fourth-order valence-corrected chi connectivity index (χ4v) is 4.11. The van der Waals surface area contributed by atoms with Crippen LogP contribution in [0.15, 0.2) is 103 Å². The molecule has 188 valence electrons. The highest BCUT2D eigenvalue weighted by atomic mass is 16.5. The fourth-order valence-electron chi connectivity index (χ4n) is 4.11. The third kappa shape index (κ3) is 7.24. The Morgan fingerprint density at radius 2 is 0.892 bits per heavy atom. The summed E-state index contributed by atoms with van der Waals surface area (Å²) in [6.07, 6.45) is 0. The lowest BCUT2D eigenvalue weighted by molar-refractivity contribution is 0.344. The van der Waals surface area contributed by atoms with Gasteiger partial charge in [-0.1, -0.05) is 66.7 Å². The molecule has 4 N–H and O–H groups in total. The van der Waals surface area contributed by atoms with E-state index in [4.69, 9.17) is 30.2 Å². The third-order valence-corrected chi connectivity index (χ3v) is 5.93. The van der Waals surface area contributed by atoms with Gasteiger partial charge in [-0.25, -0.2) is 0 Å². The van der Waals surface area contributed by atoms with Crippen molar-refractivity contribution in [2.45, 2.75) is 0 Å². The first-order valence-electron chi connectivity index (χ1n) is 12.4. The molecule has 0 fully saturated rings. The van der Waals surface area contributed by atoms with E-state index in [0.29, 0.717) is 26.3 Å². The Hall–Kier alpha value is -3.55. The highest BCUT2D eigenvalue weighted by Crippen LogP contribution is 2.20. The van der Waals surface area contributed by atoms with Gasteiger partial charge in [-0.2, -0.15) is 0 Å². The molecular formula is C29H32B2N2O4. The van der Waals surface area contributed by atoms with Crippen LogP contribution >= 0.6 is 0 Å². The van der Waals surface area contributed by atoms with Gasteiger partial charge >= 0.3 is 13.8 Å². The van der Waals surface area contributed by atoms with Crippen LogP contribution in [0, 0.1) is 0 Å². The largest absolute Gasteiger partial charge is 0.497 e. The summed E-state index contributed by atoms with van der Waals surface area (Å²) in [6.45, 7) is 1.45. The fraction of sp³-hybridized carbons (Fsp3) is 0.172. The summed E-state index contributed by atoms with van der Waals surface area (Å²) in [7, 11) is 1.65. The van der Waals surface area contributed by atoms with Crippen LogP contribution in [0.5, 0.6) is 17.2 Å². The predicted molar refractivity (Wildman–Crippen MR) is 152 cm³/mol. The molecule has 0 radical (unpaired) electrons. The van der Waals surface area contributed by atoms with Gasteiger partial charge in [-0.3, -0.25) is 0 Å². The molecule has 0 spiro atoms. The SMILES string of the molecule is COc1ccc(B(OCCN)c2ccc(Oc3ccc(B(OCCN)c4ccccc4)cc3)cc2)cc1. The van der Waals surface area contributed by atoms with E-state index in [2.05, 4.69) is 12.1 Å². The van der Waals surface area contributed by atoms with Crippen molar-refractivity contribution >= 4 is 35.7 Å². The maximum atomic E-state index is 6.11. The van der Waals surface area contributed by atoms with Crippen molar-refractivity contribution in [1.29, 1.82) is 0 Å². The summed E-state index contributed by atoms with van der Waals surface area (Å²) in [5.41, 5.74) is 15.6. The van der Waals surface area contributed by atoms with Crippen molar-refractivity contribution < 1.29 is 18.8 Å². The molecule has 0 amide bonds. The van der Waals surface area contributed by atoms with E-state index in [1.807, 2.05) is 91.0 Å². The van der Waals surface area contributed by atoms with Gasteiger partial charge in [0.25, 0.3) is 0 Å². The summed E-state index contributed by atoms with van der Waals surface area (Å²) in [5.74, 6) is 2.29. The number of benzene rings is 4. The van der Waals surface area contributed by atoms with E-state index in [1.165, 1.54) is 0 Å². The van der Waals surface area contributed by atoms with Crippen molar-refractivity contribution in [2.24, 2.45) is 11.5 Å². The lowest BCUT2D eigenvalue weighted by Gasteiger charge is -2.16. The molecule has 8 heteroatoms. The lowest BCUT2D eigenvalue weighted by atomic mass is 9.55. The first-order valence-corrected chi connectivity index (χ1v) is 12.4. The minimum absolute atomic E-state index is 0.179. The van der Waals surface area contributed by atoms with Crippen molar-refractivity contribution in [2.75, 3.05) is 33.4 Å². The molecule has 0 heterocycles. The molecule has 0 bridgehead atoms. The number of hydrogen-bond acceptors (Lipinski definition) is 6. The Balaban J connectivity index is 1.47. The molecule has 0 aliphatic carbocycles. The molecule has 0 aromatic heterocycles. The van der Waals surface area contributed by atoms with Crippen LogP contribution in [0.4, 0.5) is 0 Å². The van der Waals surface area contributed by atoms with Gasteiger partial charge in [0, 0.05) is 26.3 Å². The van der Waals surface area contributed by atoms with Crippen molar-refractivity contribution in [3.63, 3.8) is 0 Å². The van der Waals surface area contributed by atoms with Crippen LogP contribution in [0.2, 0.25) is 0 Å². The summed E-state index contributed by atoms with van der Waals surface area (Å²) in [6, 6.07) is 33.9. The van der Waals surface area contributed by atoms with E-state index < -0.39 is 0 Å². The molecule has 0 aliphatic rings. The first kappa shape index (κ1) is 26.5. The van der Waals surface area contributed by atoms with Crippen LogP contribution in [0.1, 0.15) is 0 Å². The minimum atomic E-state index is -0.230. The molecule has 4 aromatic carbocycles. The van der Waals surface area contributed by atoms with Gasteiger partial charge in [0.05, 0.1) is 7.11 Å². The summed E-state index contributed by atoms with van der Waals surface area (Å²) < 4.78 is 23.5. The molecule has 0 unspecified atom stereocenters. The Morgan fingerprint density at radius 3 is 1.27 bits per heavy atom. The monoisotopic (exact) mass is 494 g/mol. The minimum Gasteiger partial charge on any atom is -0.497 e. The Bertz CT molecular complexity index is 1210. The zero-order chi connectivity index (χ0) is 25.9. The van der Waals surface area contributed by atoms with E-state index >= 15 is 0 Å². The van der Waals surface area contributed by atoms with Crippen LogP contribution in [0.25, 0.3) is 0 Å². The highest BCUT2D eigenvalue weighted by Gasteiger charge is 2.22. The maximum Gasteiger partial charge on any atom is 0.361 e. The molecule has 4 aromatic rings. The Morgan fingerprint density at radius 1 is 0.514 bits per heavy atom. The Labute approximate surface area is 219 Å². The van der Waals surface area contributed by atoms with Crippen molar-refractivity contribution in [3.8, 4) is 17.2 Å².